The van der Waals surface area contributed by atoms with Crippen LogP contribution in [0.1, 0.15) is 32.1 Å². The van der Waals surface area contributed by atoms with Crippen LogP contribution >= 0.6 is 0 Å². The molecule has 0 aliphatic carbocycles. The fourth-order valence-corrected chi connectivity index (χ4v) is 2.35. The Morgan fingerprint density at radius 3 is 2.56 bits per heavy atom. The van der Waals surface area contributed by atoms with Crippen molar-refractivity contribution in [2.45, 2.75) is 6.54 Å². The molecule has 0 aliphatic heterocycles. The first-order valence-electron chi connectivity index (χ1n) is 8.12. The molecule has 132 valence electrons. The summed E-state index contributed by atoms with van der Waals surface area (Å²) in [7, 11) is 0. The zero-order chi connectivity index (χ0) is 19.1. The lowest BCUT2D eigenvalue weighted by Crippen LogP contribution is -2.24. The molecule has 0 aliphatic rings. The third-order valence-corrected chi connectivity index (χ3v) is 3.71. The average Bonchev–Trinajstić information content (AvgIpc) is 2.73. The van der Waals surface area contributed by atoms with Crippen LogP contribution in [0.5, 0.6) is 0 Å². The largest absolute Gasteiger partial charge is 0.346 e. The van der Waals surface area contributed by atoms with Gasteiger partial charge in [0.05, 0.1) is 23.5 Å². The second-order valence-electron chi connectivity index (χ2n) is 5.55. The SMILES string of the molecule is N#Cc1ccccc1NC(=O)c1cc(C(=O)NCc2ccccn2)ccn1. The number of benzene rings is 1. The minimum absolute atomic E-state index is 0.0771. The highest BCUT2D eigenvalue weighted by molar-refractivity contribution is 6.05. The van der Waals surface area contributed by atoms with Crippen molar-refractivity contribution < 1.29 is 9.59 Å². The Bertz CT molecular complexity index is 1010. The van der Waals surface area contributed by atoms with Crippen LogP contribution in [0, 0.1) is 11.3 Å². The van der Waals surface area contributed by atoms with Crippen LogP contribution in [-0.2, 0) is 6.54 Å². The van der Waals surface area contributed by atoms with Gasteiger partial charge >= 0.3 is 0 Å². The van der Waals surface area contributed by atoms with Crippen LogP contribution < -0.4 is 10.6 Å². The van der Waals surface area contributed by atoms with Crippen molar-refractivity contribution >= 4 is 17.5 Å². The van der Waals surface area contributed by atoms with Gasteiger partial charge < -0.3 is 10.6 Å². The van der Waals surface area contributed by atoms with E-state index in [1.54, 1.807) is 42.6 Å². The molecule has 0 bridgehead atoms. The molecule has 2 heterocycles. The smallest absolute Gasteiger partial charge is 0.274 e. The molecule has 0 atom stereocenters. The van der Waals surface area contributed by atoms with Crippen LogP contribution in [0.2, 0.25) is 0 Å². The van der Waals surface area contributed by atoms with Crippen LogP contribution in [0.15, 0.2) is 67.0 Å². The number of nitrogens with zero attached hydrogens (tertiary/aromatic N) is 3. The summed E-state index contributed by atoms with van der Waals surface area (Å²) in [6, 6.07) is 17.0. The van der Waals surface area contributed by atoms with Gasteiger partial charge in [-0.15, -0.1) is 0 Å². The Morgan fingerprint density at radius 2 is 1.78 bits per heavy atom. The van der Waals surface area contributed by atoms with Crippen LogP contribution in [0.25, 0.3) is 0 Å². The minimum atomic E-state index is -0.503. The molecule has 3 rings (SSSR count). The van der Waals surface area contributed by atoms with Gasteiger partial charge in [-0.2, -0.15) is 5.26 Å². The molecule has 0 unspecified atom stereocenters. The van der Waals surface area contributed by atoms with E-state index in [9.17, 15) is 9.59 Å². The number of carbonyl (C=O) groups is 2. The fraction of sp³-hybridized carbons (Fsp3) is 0.0500. The van der Waals surface area contributed by atoms with Gasteiger partial charge in [0.2, 0.25) is 0 Å². The monoisotopic (exact) mass is 357 g/mol. The summed E-state index contributed by atoms with van der Waals surface area (Å²) in [6.45, 7) is 0.277. The minimum Gasteiger partial charge on any atom is -0.346 e. The molecular weight excluding hydrogens is 342 g/mol. The topological polar surface area (TPSA) is 108 Å². The summed E-state index contributed by atoms with van der Waals surface area (Å²) >= 11 is 0. The molecule has 0 saturated heterocycles. The number of nitrogens with one attached hydrogen (secondary N) is 2. The highest BCUT2D eigenvalue weighted by atomic mass is 16.2. The number of hydrogen-bond acceptors (Lipinski definition) is 5. The molecule has 0 saturated carbocycles. The van der Waals surface area contributed by atoms with Gasteiger partial charge in [0.1, 0.15) is 11.8 Å². The van der Waals surface area contributed by atoms with Gasteiger partial charge in [-0.25, -0.2) is 0 Å². The number of carbonyl (C=O) groups excluding carboxylic acids is 2. The molecule has 2 amide bonds. The first-order chi connectivity index (χ1) is 13.2. The summed E-state index contributed by atoms with van der Waals surface area (Å²) in [6.07, 6.45) is 3.04. The predicted molar refractivity (Wildman–Crippen MR) is 98.8 cm³/mol. The van der Waals surface area contributed by atoms with Crippen molar-refractivity contribution in [3.05, 3.63) is 89.5 Å². The van der Waals surface area contributed by atoms with E-state index in [2.05, 4.69) is 20.6 Å². The first kappa shape index (κ1) is 17.8. The van der Waals surface area contributed by atoms with Gasteiger partial charge in [-0.3, -0.25) is 19.6 Å². The van der Waals surface area contributed by atoms with Gasteiger partial charge in [-0.1, -0.05) is 18.2 Å². The fourth-order valence-electron chi connectivity index (χ4n) is 2.35. The quantitative estimate of drug-likeness (QED) is 0.729. The molecule has 0 fully saturated rings. The van der Waals surface area contributed by atoms with Gasteiger partial charge in [-0.05, 0) is 36.4 Å². The van der Waals surface area contributed by atoms with Crippen molar-refractivity contribution in [1.82, 2.24) is 15.3 Å². The lowest BCUT2D eigenvalue weighted by Gasteiger charge is -2.08. The Kier molecular flexibility index (Phi) is 5.50. The molecule has 0 radical (unpaired) electrons. The Morgan fingerprint density at radius 1 is 0.963 bits per heavy atom. The normalized spacial score (nSPS) is 9.89. The molecular formula is C20H15N5O2. The van der Waals surface area contributed by atoms with Crippen molar-refractivity contribution in [2.24, 2.45) is 0 Å². The van der Waals surface area contributed by atoms with Crippen molar-refractivity contribution in [3.8, 4) is 6.07 Å². The molecule has 2 aromatic heterocycles. The maximum Gasteiger partial charge on any atom is 0.274 e. The summed E-state index contributed by atoms with van der Waals surface area (Å²) in [5.74, 6) is -0.841. The zero-order valence-electron chi connectivity index (χ0n) is 14.2. The van der Waals surface area contributed by atoms with Gasteiger partial charge in [0.25, 0.3) is 11.8 Å². The van der Waals surface area contributed by atoms with E-state index in [0.29, 0.717) is 16.8 Å². The Balaban J connectivity index is 1.70. The first-order valence-corrected chi connectivity index (χ1v) is 8.12. The Labute approximate surface area is 155 Å². The number of para-hydroxylation sites is 1. The number of hydrogen-bond donors (Lipinski definition) is 2. The molecule has 7 heteroatoms. The van der Waals surface area contributed by atoms with Crippen molar-refractivity contribution in [3.63, 3.8) is 0 Å². The highest BCUT2D eigenvalue weighted by Gasteiger charge is 2.13. The number of anilines is 1. The standard InChI is InChI=1S/C20H15N5O2/c21-12-15-5-1-2-7-17(15)25-20(27)18-11-14(8-10-23-18)19(26)24-13-16-6-3-4-9-22-16/h1-11H,13H2,(H,24,26)(H,25,27). The van der Waals surface area contributed by atoms with E-state index in [4.69, 9.17) is 5.26 Å². The van der Waals surface area contributed by atoms with E-state index >= 15 is 0 Å². The lowest BCUT2D eigenvalue weighted by atomic mass is 10.1. The molecule has 2 N–H and O–H groups in total. The molecule has 27 heavy (non-hydrogen) atoms. The van der Waals surface area contributed by atoms with Crippen LogP contribution in [0.4, 0.5) is 5.69 Å². The number of pyridine rings is 2. The average molecular weight is 357 g/mol. The highest BCUT2D eigenvalue weighted by Crippen LogP contribution is 2.15. The second-order valence-corrected chi connectivity index (χ2v) is 5.55. The maximum absolute atomic E-state index is 12.4. The van der Waals surface area contributed by atoms with Crippen LogP contribution in [0.3, 0.4) is 0 Å². The summed E-state index contributed by atoms with van der Waals surface area (Å²) in [5, 5.41) is 14.5. The van der Waals surface area contributed by atoms with E-state index < -0.39 is 5.91 Å². The number of nitriles is 1. The Hall–Kier alpha value is -4.05. The lowest BCUT2D eigenvalue weighted by molar-refractivity contribution is 0.0950. The zero-order valence-corrected chi connectivity index (χ0v) is 14.2. The van der Waals surface area contributed by atoms with Gasteiger partial charge in [0, 0.05) is 18.0 Å². The third kappa shape index (κ3) is 4.52. The van der Waals surface area contributed by atoms with E-state index in [-0.39, 0.29) is 18.1 Å². The molecule has 3 aromatic rings. The van der Waals surface area contributed by atoms with Gasteiger partial charge in [0.15, 0.2) is 0 Å². The maximum atomic E-state index is 12.4. The van der Waals surface area contributed by atoms with Crippen molar-refractivity contribution in [1.29, 1.82) is 5.26 Å². The molecule has 1 aromatic carbocycles. The molecule has 7 nitrogen and oxygen atoms in total. The second kappa shape index (κ2) is 8.36. The number of aromatic nitrogens is 2. The van der Waals surface area contributed by atoms with Crippen molar-refractivity contribution in [2.75, 3.05) is 5.32 Å². The van der Waals surface area contributed by atoms with E-state index in [0.717, 1.165) is 5.69 Å². The summed E-state index contributed by atoms with van der Waals surface area (Å²) < 4.78 is 0. The predicted octanol–water partition coefficient (Wildman–Crippen LogP) is 2.53. The molecule has 0 spiro atoms. The van der Waals surface area contributed by atoms with E-state index in [1.165, 1.54) is 18.3 Å². The summed E-state index contributed by atoms with van der Waals surface area (Å²) in [4.78, 5) is 32.9. The van der Waals surface area contributed by atoms with Crippen LogP contribution in [-0.4, -0.2) is 21.8 Å². The van der Waals surface area contributed by atoms with E-state index in [1.807, 2.05) is 12.1 Å². The number of rotatable bonds is 5. The third-order valence-electron chi connectivity index (χ3n) is 3.71. The summed E-state index contributed by atoms with van der Waals surface area (Å²) in [5.41, 5.74) is 1.84. The number of amides is 2.